The zero-order valence-electron chi connectivity index (χ0n) is 19.8. The van der Waals surface area contributed by atoms with Gasteiger partial charge in [-0.2, -0.15) is 0 Å². The fourth-order valence-corrected chi connectivity index (χ4v) is 5.53. The van der Waals surface area contributed by atoms with Crippen LogP contribution in [-0.2, 0) is 11.3 Å². The summed E-state index contributed by atoms with van der Waals surface area (Å²) in [5, 5.41) is 4.80. The number of aromatic nitrogens is 1. The van der Waals surface area contributed by atoms with Gasteiger partial charge in [0.2, 0.25) is 5.91 Å². The average molecular weight is 491 g/mol. The van der Waals surface area contributed by atoms with E-state index in [1.807, 2.05) is 42.5 Å². The number of benzene rings is 2. The first-order valence-electron chi connectivity index (χ1n) is 12.5. The minimum Gasteiger partial charge on any atom is -0.366 e. The van der Waals surface area contributed by atoms with Crippen LogP contribution >= 0.6 is 11.6 Å². The molecule has 35 heavy (non-hydrogen) atoms. The van der Waals surface area contributed by atoms with Crippen LogP contribution in [0.4, 0.5) is 0 Å². The zero-order valence-corrected chi connectivity index (χ0v) is 20.6. The summed E-state index contributed by atoms with van der Waals surface area (Å²) in [6, 6.07) is 15.6. The smallest absolute Gasteiger partial charge is 0.250 e. The van der Waals surface area contributed by atoms with Gasteiger partial charge in [-0.3, -0.25) is 14.5 Å². The van der Waals surface area contributed by atoms with Gasteiger partial charge in [-0.15, -0.1) is 0 Å². The van der Waals surface area contributed by atoms with Crippen LogP contribution < -0.4 is 11.1 Å². The third-order valence-electron chi connectivity index (χ3n) is 7.36. The third-order valence-corrected chi connectivity index (χ3v) is 7.73. The number of hydrogen-bond donors (Lipinski definition) is 2. The standard InChI is InChI=1S/C28H31ClN4O2/c29-24-10-9-20(26-23(27(30)34)16-19-5-1-4-8-25(19)32-26)15-21(24)17-33-13-11-18(12-14-33)28(35)31-22-6-2-3-7-22/h1,4-5,8-10,15-16,18,22H,2-3,6-7,11-14,17H2,(H2,30,34)(H,31,35). The van der Waals surface area contributed by atoms with Crippen LogP contribution in [0, 0.1) is 5.92 Å². The maximum atomic E-state index is 12.7. The molecule has 1 aliphatic heterocycles. The summed E-state index contributed by atoms with van der Waals surface area (Å²) in [6.07, 6.45) is 6.38. The van der Waals surface area contributed by atoms with Crippen LogP contribution in [0.15, 0.2) is 48.5 Å². The van der Waals surface area contributed by atoms with E-state index in [1.54, 1.807) is 6.07 Å². The SMILES string of the molecule is NC(=O)c1cc2ccccc2nc1-c1ccc(Cl)c(CN2CCC(C(=O)NC3CCCC3)CC2)c1. The van der Waals surface area contributed by atoms with Crippen LogP contribution in [0.3, 0.4) is 0 Å². The Balaban J connectivity index is 1.30. The van der Waals surface area contributed by atoms with Crippen molar-refractivity contribution >= 4 is 34.3 Å². The Labute approximate surface area is 210 Å². The van der Waals surface area contributed by atoms with E-state index >= 15 is 0 Å². The number of primary amides is 1. The Morgan fingerprint density at radius 2 is 1.77 bits per heavy atom. The van der Waals surface area contributed by atoms with Gasteiger partial charge in [-0.05, 0) is 68.6 Å². The van der Waals surface area contributed by atoms with Crippen molar-refractivity contribution < 1.29 is 9.59 Å². The molecule has 182 valence electrons. The van der Waals surface area contributed by atoms with Crippen molar-refractivity contribution in [3.8, 4) is 11.3 Å². The number of pyridine rings is 1. The van der Waals surface area contributed by atoms with Crippen LogP contribution in [0.2, 0.25) is 5.02 Å². The van der Waals surface area contributed by atoms with E-state index < -0.39 is 5.91 Å². The summed E-state index contributed by atoms with van der Waals surface area (Å²) >= 11 is 6.57. The molecule has 7 heteroatoms. The van der Waals surface area contributed by atoms with E-state index in [2.05, 4.69) is 10.2 Å². The van der Waals surface area contributed by atoms with Crippen molar-refractivity contribution in [1.82, 2.24) is 15.2 Å². The highest BCUT2D eigenvalue weighted by Crippen LogP contribution is 2.30. The maximum absolute atomic E-state index is 12.7. The summed E-state index contributed by atoms with van der Waals surface area (Å²) in [7, 11) is 0. The Bertz CT molecular complexity index is 1250. The largest absolute Gasteiger partial charge is 0.366 e. The fraction of sp³-hybridized carbons (Fsp3) is 0.393. The number of nitrogens with one attached hydrogen (secondary N) is 1. The molecule has 0 unspecified atom stereocenters. The first kappa shape index (κ1) is 23.8. The van der Waals surface area contributed by atoms with Gasteiger partial charge in [0.25, 0.3) is 5.91 Å². The summed E-state index contributed by atoms with van der Waals surface area (Å²) in [5.41, 5.74) is 9.26. The molecule has 3 N–H and O–H groups in total. The van der Waals surface area contributed by atoms with Gasteiger partial charge in [0.1, 0.15) is 0 Å². The summed E-state index contributed by atoms with van der Waals surface area (Å²) in [5.74, 6) is -0.195. The van der Waals surface area contributed by atoms with Crippen LogP contribution in [0.1, 0.15) is 54.4 Å². The third kappa shape index (κ3) is 5.34. The van der Waals surface area contributed by atoms with Gasteiger partial charge >= 0.3 is 0 Å². The van der Waals surface area contributed by atoms with Gasteiger partial charge in [0.05, 0.1) is 16.8 Å². The van der Waals surface area contributed by atoms with Crippen molar-refractivity contribution in [3.05, 3.63) is 64.7 Å². The number of carbonyl (C=O) groups is 2. The molecule has 2 amide bonds. The molecule has 1 saturated carbocycles. The number of nitrogens with two attached hydrogens (primary N) is 1. The first-order valence-corrected chi connectivity index (χ1v) is 12.9. The van der Waals surface area contributed by atoms with E-state index in [9.17, 15) is 9.59 Å². The minimum atomic E-state index is -0.507. The van der Waals surface area contributed by atoms with E-state index in [4.69, 9.17) is 22.3 Å². The second-order valence-corrected chi connectivity index (χ2v) is 10.2. The predicted octanol–water partition coefficient (Wildman–Crippen LogP) is 4.92. The second kappa shape index (κ2) is 10.3. The number of amides is 2. The lowest BCUT2D eigenvalue weighted by atomic mass is 9.94. The zero-order chi connectivity index (χ0) is 24.4. The van der Waals surface area contributed by atoms with E-state index in [0.717, 1.165) is 60.8 Å². The monoisotopic (exact) mass is 490 g/mol. The molecule has 2 aliphatic rings. The molecule has 0 bridgehead atoms. The first-order chi connectivity index (χ1) is 17.0. The lowest BCUT2D eigenvalue weighted by Gasteiger charge is -2.32. The fourth-order valence-electron chi connectivity index (χ4n) is 5.35. The Kier molecular flexibility index (Phi) is 7.02. The van der Waals surface area contributed by atoms with Crippen molar-refractivity contribution in [3.63, 3.8) is 0 Å². The number of piperidine rings is 1. The number of carbonyl (C=O) groups excluding carboxylic acids is 2. The Morgan fingerprint density at radius 1 is 1.03 bits per heavy atom. The molecule has 0 radical (unpaired) electrons. The van der Waals surface area contributed by atoms with E-state index in [-0.39, 0.29) is 11.8 Å². The lowest BCUT2D eigenvalue weighted by Crippen LogP contribution is -2.43. The van der Waals surface area contributed by atoms with Crippen LogP contribution in [0.25, 0.3) is 22.2 Å². The number of nitrogens with zero attached hydrogens (tertiary/aromatic N) is 2. The number of rotatable bonds is 6. The summed E-state index contributed by atoms with van der Waals surface area (Å²) in [6.45, 7) is 2.39. The quantitative estimate of drug-likeness (QED) is 0.513. The second-order valence-electron chi connectivity index (χ2n) is 9.79. The van der Waals surface area contributed by atoms with E-state index in [1.165, 1.54) is 12.8 Å². The highest BCUT2D eigenvalue weighted by atomic mass is 35.5. The number of para-hydroxylation sites is 1. The molecule has 1 saturated heterocycles. The number of halogens is 1. The minimum absolute atomic E-state index is 0.0913. The topological polar surface area (TPSA) is 88.3 Å². The summed E-state index contributed by atoms with van der Waals surface area (Å²) in [4.78, 5) is 32.0. The van der Waals surface area contributed by atoms with Crippen molar-refractivity contribution in [1.29, 1.82) is 0 Å². The van der Waals surface area contributed by atoms with Crippen molar-refractivity contribution in [2.45, 2.75) is 51.1 Å². The molecule has 2 aromatic carbocycles. The molecule has 5 rings (SSSR count). The Morgan fingerprint density at radius 3 is 2.51 bits per heavy atom. The van der Waals surface area contributed by atoms with Crippen LogP contribution in [-0.4, -0.2) is 40.8 Å². The molecule has 1 aromatic heterocycles. The highest BCUT2D eigenvalue weighted by Gasteiger charge is 2.27. The predicted molar refractivity (Wildman–Crippen MR) is 139 cm³/mol. The molecule has 0 spiro atoms. The van der Waals surface area contributed by atoms with Crippen molar-refractivity contribution in [2.24, 2.45) is 11.7 Å². The lowest BCUT2D eigenvalue weighted by molar-refractivity contribution is -0.127. The van der Waals surface area contributed by atoms with Gasteiger partial charge in [0, 0.05) is 34.5 Å². The molecule has 0 atom stereocenters. The van der Waals surface area contributed by atoms with Gasteiger partial charge in [-0.25, -0.2) is 4.98 Å². The molecule has 3 aromatic rings. The molecule has 2 fully saturated rings. The Hall–Kier alpha value is -2.96. The molecule has 2 heterocycles. The normalized spacial score (nSPS) is 17.6. The summed E-state index contributed by atoms with van der Waals surface area (Å²) < 4.78 is 0. The van der Waals surface area contributed by atoms with E-state index in [0.29, 0.717) is 28.9 Å². The van der Waals surface area contributed by atoms with Gasteiger partial charge < -0.3 is 11.1 Å². The van der Waals surface area contributed by atoms with Gasteiger partial charge in [-0.1, -0.05) is 48.7 Å². The molecular formula is C28H31ClN4O2. The number of likely N-dealkylation sites (tertiary alicyclic amines) is 1. The molecule has 1 aliphatic carbocycles. The highest BCUT2D eigenvalue weighted by molar-refractivity contribution is 6.31. The van der Waals surface area contributed by atoms with Gasteiger partial charge in [0.15, 0.2) is 0 Å². The average Bonchev–Trinajstić information content (AvgIpc) is 3.38. The molecule has 6 nitrogen and oxygen atoms in total. The van der Waals surface area contributed by atoms with Crippen molar-refractivity contribution in [2.75, 3.05) is 13.1 Å². The number of fused-ring (bicyclic) bond motifs is 1. The number of hydrogen-bond acceptors (Lipinski definition) is 4. The van der Waals surface area contributed by atoms with Crippen LogP contribution in [0.5, 0.6) is 0 Å². The maximum Gasteiger partial charge on any atom is 0.250 e. The molecular weight excluding hydrogens is 460 g/mol.